The van der Waals surface area contributed by atoms with Crippen molar-refractivity contribution in [3.63, 3.8) is 0 Å². The topological polar surface area (TPSA) is 57.4 Å². The summed E-state index contributed by atoms with van der Waals surface area (Å²) in [5, 5.41) is 7.05. The van der Waals surface area contributed by atoms with E-state index in [-0.39, 0.29) is 5.41 Å². The van der Waals surface area contributed by atoms with Gasteiger partial charge in [-0.2, -0.15) is 4.98 Å². The van der Waals surface area contributed by atoms with Crippen LogP contribution in [0.4, 0.5) is 0 Å². The van der Waals surface area contributed by atoms with E-state index in [2.05, 4.69) is 49.8 Å². The number of aromatic amines is 2. The lowest BCUT2D eigenvalue weighted by Gasteiger charge is -2.16. The molecule has 2 rings (SSSR count). The first-order valence-corrected chi connectivity index (χ1v) is 7.65. The fourth-order valence-corrected chi connectivity index (χ4v) is 3.42. The van der Waals surface area contributed by atoms with Crippen LogP contribution >= 0.6 is 23.6 Å². The number of hydrogen-bond donors (Lipinski definition) is 2. The van der Waals surface area contributed by atoms with Gasteiger partial charge in [0.1, 0.15) is 0 Å². The minimum absolute atomic E-state index is 0.00449. The summed E-state index contributed by atoms with van der Waals surface area (Å²) >= 11 is 6.74. The van der Waals surface area contributed by atoms with Gasteiger partial charge in [-0.3, -0.25) is 10.2 Å². The zero-order chi connectivity index (χ0) is 14.2. The summed E-state index contributed by atoms with van der Waals surface area (Å²) in [5.41, 5.74) is 1.08. The summed E-state index contributed by atoms with van der Waals surface area (Å²) in [6.45, 7) is 10.9. The van der Waals surface area contributed by atoms with Crippen LogP contribution in [-0.2, 0) is 11.8 Å². The molecule has 0 spiro atoms. The average molecular weight is 296 g/mol. The van der Waals surface area contributed by atoms with E-state index in [0.717, 1.165) is 27.8 Å². The van der Waals surface area contributed by atoms with Crippen LogP contribution in [0.25, 0.3) is 10.7 Å². The van der Waals surface area contributed by atoms with Gasteiger partial charge < -0.3 is 0 Å². The molecule has 0 aromatic carbocycles. The second-order valence-corrected chi connectivity index (χ2v) is 7.62. The molecule has 0 fully saturated rings. The van der Waals surface area contributed by atoms with E-state index >= 15 is 0 Å². The largest absolute Gasteiger partial charge is 0.281 e. The summed E-state index contributed by atoms with van der Waals surface area (Å²) in [7, 11) is 0. The van der Waals surface area contributed by atoms with Gasteiger partial charge in [-0.25, -0.2) is 4.98 Å². The number of H-pyrrole nitrogens is 2. The van der Waals surface area contributed by atoms with Crippen molar-refractivity contribution >= 4 is 23.6 Å². The van der Waals surface area contributed by atoms with Gasteiger partial charge in [-0.1, -0.05) is 34.6 Å². The van der Waals surface area contributed by atoms with Gasteiger partial charge in [-0.05, 0) is 18.1 Å². The number of nitrogens with one attached hydrogen (secondary N) is 2. The monoisotopic (exact) mass is 296 g/mol. The van der Waals surface area contributed by atoms with Crippen LogP contribution < -0.4 is 0 Å². The van der Waals surface area contributed by atoms with Crippen molar-refractivity contribution in [3.05, 3.63) is 15.5 Å². The van der Waals surface area contributed by atoms with E-state index in [1.165, 1.54) is 0 Å². The van der Waals surface area contributed by atoms with Crippen LogP contribution in [-0.4, -0.2) is 20.2 Å². The lowest BCUT2D eigenvalue weighted by Crippen LogP contribution is -2.13. The summed E-state index contributed by atoms with van der Waals surface area (Å²) in [4.78, 5) is 10.2. The average Bonchev–Trinajstić information content (AvgIpc) is 2.82. The first-order chi connectivity index (χ1) is 8.77. The molecule has 2 N–H and O–H groups in total. The zero-order valence-electron chi connectivity index (χ0n) is 12.0. The molecule has 0 aliphatic heterocycles. The van der Waals surface area contributed by atoms with Crippen molar-refractivity contribution in [2.24, 2.45) is 5.92 Å². The van der Waals surface area contributed by atoms with Crippen LogP contribution in [0.15, 0.2) is 0 Å². The molecule has 2 aromatic rings. The molecule has 0 amide bonds. The number of thiazole rings is 1. The van der Waals surface area contributed by atoms with Crippen molar-refractivity contribution in [1.29, 1.82) is 0 Å². The number of nitrogens with zero attached hydrogens (tertiary/aromatic N) is 2. The number of aromatic nitrogens is 4. The first-order valence-electron chi connectivity index (χ1n) is 6.42. The third kappa shape index (κ3) is 3.30. The van der Waals surface area contributed by atoms with Crippen LogP contribution in [0.1, 0.15) is 45.3 Å². The molecule has 2 aromatic heterocycles. The normalized spacial score (nSPS) is 12.3. The Kier molecular flexibility index (Phi) is 3.92. The maximum Gasteiger partial charge on any atom is 0.213 e. The summed E-state index contributed by atoms with van der Waals surface area (Å²) in [6, 6.07) is 0. The third-order valence-electron chi connectivity index (χ3n) is 2.68. The Bertz CT molecular complexity index is 613. The van der Waals surface area contributed by atoms with Crippen molar-refractivity contribution in [2.75, 3.05) is 0 Å². The van der Waals surface area contributed by atoms with Gasteiger partial charge in [0.05, 0.1) is 15.6 Å². The molecule has 6 heteroatoms. The molecule has 2 heterocycles. The number of rotatable bonds is 3. The van der Waals surface area contributed by atoms with E-state index in [1.54, 1.807) is 11.3 Å². The van der Waals surface area contributed by atoms with E-state index < -0.39 is 0 Å². The molecule has 104 valence electrons. The minimum Gasteiger partial charge on any atom is -0.281 e. The highest BCUT2D eigenvalue weighted by molar-refractivity contribution is 7.71. The van der Waals surface area contributed by atoms with Gasteiger partial charge in [0, 0.05) is 11.8 Å². The molecule has 0 unspecified atom stereocenters. The molecule has 0 aliphatic carbocycles. The van der Waals surface area contributed by atoms with E-state index in [4.69, 9.17) is 17.2 Å². The minimum atomic E-state index is -0.00449. The molecular weight excluding hydrogens is 276 g/mol. The fourth-order valence-electron chi connectivity index (χ4n) is 1.85. The number of hydrogen-bond acceptors (Lipinski definition) is 4. The molecule has 4 nitrogen and oxygen atoms in total. The highest BCUT2D eigenvalue weighted by Crippen LogP contribution is 2.36. The van der Waals surface area contributed by atoms with Gasteiger partial charge >= 0.3 is 0 Å². The molecule has 0 saturated heterocycles. The Morgan fingerprint density at radius 1 is 1.21 bits per heavy atom. The summed E-state index contributed by atoms with van der Waals surface area (Å²) in [6.07, 6.45) is 0.999. The Hall–Kier alpha value is -1.01. The van der Waals surface area contributed by atoms with Crippen molar-refractivity contribution in [3.8, 4) is 10.7 Å². The lowest BCUT2D eigenvalue weighted by atomic mass is 9.91. The molecule has 0 bridgehead atoms. The standard InChI is InChI=1S/C13H20N4S2/c1-7(2)6-8-14-10(13(3,4)5)9(19-8)11-15-12(18)17-16-11/h7H,6H2,1-5H3,(H2,15,16,17,18). The molecule has 0 radical (unpaired) electrons. The van der Waals surface area contributed by atoms with E-state index in [9.17, 15) is 0 Å². The lowest BCUT2D eigenvalue weighted by molar-refractivity contribution is 0.567. The van der Waals surface area contributed by atoms with Crippen LogP contribution in [0.3, 0.4) is 0 Å². The Morgan fingerprint density at radius 3 is 2.37 bits per heavy atom. The Balaban J connectivity index is 2.51. The highest BCUT2D eigenvalue weighted by Gasteiger charge is 2.25. The predicted octanol–water partition coefficient (Wildman–Crippen LogP) is 4.09. The SMILES string of the molecule is CC(C)Cc1nc(C(C)(C)C)c(-c2nc(=S)[nH][nH]2)s1. The van der Waals surface area contributed by atoms with Gasteiger partial charge in [0.15, 0.2) is 5.82 Å². The molecular formula is C13H20N4S2. The van der Waals surface area contributed by atoms with E-state index in [1.807, 2.05) is 0 Å². The maximum absolute atomic E-state index is 5.03. The molecule has 0 saturated carbocycles. The first kappa shape index (κ1) is 14.4. The van der Waals surface area contributed by atoms with Crippen LogP contribution in [0.2, 0.25) is 0 Å². The van der Waals surface area contributed by atoms with Gasteiger partial charge in [0.25, 0.3) is 0 Å². The van der Waals surface area contributed by atoms with Crippen LogP contribution in [0, 0.1) is 10.7 Å². The fraction of sp³-hybridized carbons (Fsp3) is 0.615. The maximum atomic E-state index is 5.03. The Morgan fingerprint density at radius 2 is 1.89 bits per heavy atom. The quantitative estimate of drug-likeness (QED) is 0.839. The van der Waals surface area contributed by atoms with Gasteiger partial charge in [0.2, 0.25) is 4.77 Å². The smallest absolute Gasteiger partial charge is 0.213 e. The molecule has 0 aliphatic rings. The summed E-state index contributed by atoms with van der Waals surface area (Å²) < 4.78 is 0.480. The van der Waals surface area contributed by atoms with Crippen molar-refractivity contribution in [1.82, 2.24) is 20.2 Å². The third-order valence-corrected chi connectivity index (χ3v) is 3.96. The van der Waals surface area contributed by atoms with Gasteiger partial charge in [-0.15, -0.1) is 11.3 Å². The van der Waals surface area contributed by atoms with Crippen LogP contribution in [0.5, 0.6) is 0 Å². The second-order valence-electron chi connectivity index (χ2n) is 6.15. The Labute approximate surface area is 122 Å². The summed E-state index contributed by atoms with van der Waals surface area (Å²) in [5.74, 6) is 1.40. The predicted molar refractivity (Wildman–Crippen MR) is 82.1 cm³/mol. The van der Waals surface area contributed by atoms with E-state index in [0.29, 0.717) is 10.7 Å². The molecule has 19 heavy (non-hydrogen) atoms. The highest BCUT2D eigenvalue weighted by atomic mass is 32.1. The van der Waals surface area contributed by atoms with Crippen molar-refractivity contribution < 1.29 is 0 Å². The van der Waals surface area contributed by atoms with Crippen molar-refractivity contribution in [2.45, 2.75) is 46.5 Å². The molecule has 0 atom stereocenters. The second kappa shape index (κ2) is 5.17. The zero-order valence-corrected chi connectivity index (χ0v) is 13.6.